The molecule has 0 aliphatic rings. The Hall–Kier alpha value is -3.19. The van der Waals surface area contributed by atoms with Gasteiger partial charge in [-0.1, -0.05) is 11.6 Å². The Kier molecular flexibility index (Phi) is 4.60. The van der Waals surface area contributed by atoms with Crippen molar-refractivity contribution in [3.8, 4) is 5.82 Å². The third kappa shape index (κ3) is 3.68. The maximum Gasteiger partial charge on any atom is 0.266 e. The summed E-state index contributed by atoms with van der Waals surface area (Å²) in [7, 11) is 0. The molecule has 0 aliphatic carbocycles. The van der Waals surface area contributed by atoms with Crippen LogP contribution in [0.5, 0.6) is 0 Å². The highest BCUT2D eigenvalue weighted by Crippen LogP contribution is 2.20. The predicted octanol–water partition coefficient (Wildman–Crippen LogP) is 3.49. The van der Waals surface area contributed by atoms with Crippen molar-refractivity contribution in [1.82, 2.24) is 19.3 Å². The van der Waals surface area contributed by atoms with Crippen molar-refractivity contribution < 1.29 is 4.39 Å². The van der Waals surface area contributed by atoms with Crippen LogP contribution < -0.4 is 10.9 Å². The Labute approximate surface area is 158 Å². The molecule has 0 amide bonds. The van der Waals surface area contributed by atoms with Crippen LogP contribution in [0.3, 0.4) is 0 Å². The van der Waals surface area contributed by atoms with E-state index in [0.29, 0.717) is 29.6 Å². The molecule has 6 nitrogen and oxygen atoms in total. The summed E-state index contributed by atoms with van der Waals surface area (Å²) in [6.07, 6.45) is 3.41. The van der Waals surface area contributed by atoms with Crippen molar-refractivity contribution in [1.29, 1.82) is 0 Å². The Balaban J connectivity index is 1.57. The Bertz CT molecular complexity index is 1170. The van der Waals surface area contributed by atoms with Gasteiger partial charge in [-0.15, -0.1) is 0 Å². The summed E-state index contributed by atoms with van der Waals surface area (Å²) in [5.41, 5.74) is 1.29. The molecular weight excluding hydrogens is 369 g/mol. The van der Waals surface area contributed by atoms with E-state index in [4.69, 9.17) is 11.6 Å². The van der Waals surface area contributed by atoms with Crippen LogP contribution in [0.15, 0.2) is 65.7 Å². The van der Waals surface area contributed by atoms with E-state index in [1.54, 1.807) is 41.2 Å². The number of hydrogen-bond donors (Lipinski definition) is 1. The largest absolute Gasteiger partial charge is 0.383 e. The normalized spacial score (nSPS) is 11.0. The van der Waals surface area contributed by atoms with Crippen molar-refractivity contribution >= 4 is 28.2 Å². The molecule has 0 bridgehead atoms. The first-order valence-corrected chi connectivity index (χ1v) is 8.68. The zero-order valence-corrected chi connectivity index (χ0v) is 14.9. The Morgan fingerprint density at radius 2 is 2.00 bits per heavy atom. The van der Waals surface area contributed by atoms with Gasteiger partial charge in [-0.2, -0.15) is 5.10 Å². The van der Waals surface area contributed by atoms with Crippen LogP contribution in [0.2, 0.25) is 5.15 Å². The number of nitrogens with zero attached hydrogens (tertiary/aromatic N) is 4. The van der Waals surface area contributed by atoms with E-state index in [9.17, 15) is 9.18 Å². The highest BCUT2D eigenvalue weighted by Gasteiger charge is 2.08. The monoisotopic (exact) mass is 383 g/mol. The number of aromatic nitrogens is 4. The van der Waals surface area contributed by atoms with E-state index in [1.165, 1.54) is 22.9 Å². The van der Waals surface area contributed by atoms with Crippen LogP contribution in [-0.4, -0.2) is 25.9 Å². The van der Waals surface area contributed by atoms with E-state index in [1.807, 2.05) is 6.07 Å². The lowest BCUT2D eigenvalue weighted by molar-refractivity contribution is 0.590. The molecule has 136 valence electrons. The third-order valence-corrected chi connectivity index (χ3v) is 4.34. The summed E-state index contributed by atoms with van der Waals surface area (Å²) >= 11 is 5.85. The quantitative estimate of drug-likeness (QED) is 0.536. The Morgan fingerprint density at radius 1 is 1.11 bits per heavy atom. The van der Waals surface area contributed by atoms with Crippen molar-refractivity contribution in [2.24, 2.45) is 0 Å². The smallest absolute Gasteiger partial charge is 0.266 e. The first kappa shape index (κ1) is 17.2. The van der Waals surface area contributed by atoms with Crippen LogP contribution >= 0.6 is 11.6 Å². The van der Waals surface area contributed by atoms with Crippen LogP contribution in [-0.2, 0) is 6.54 Å². The van der Waals surface area contributed by atoms with Crippen molar-refractivity contribution in [3.63, 3.8) is 0 Å². The summed E-state index contributed by atoms with van der Waals surface area (Å²) < 4.78 is 16.7. The van der Waals surface area contributed by atoms with Gasteiger partial charge in [-0.25, -0.2) is 14.1 Å². The fraction of sp³-hybridized carbons (Fsp3) is 0.105. The summed E-state index contributed by atoms with van der Waals surface area (Å²) in [5, 5.41) is 8.87. The van der Waals surface area contributed by atoms with E-state index in [2.05, 4.69) is 15.4 Å². The minimum atomic E-state index is -0.323. The van der Waals surface area contributed by atoms with Gasteiger partial charge in [0.15, 0.2) is 5.82 Å². The van der Waals surface area contributed by atoms with Gasteiger partial charge in [-0.3, -0.25) is 9.36 Å². The molecule has 27 heavy (non-hydrogen) atoms. The highest BCUT2D eigenvalue weighted by molar-refractivity contribution is 6.29. The predicted molar refractivity (Wildman–Crippen MR) is 103 cm³/mol. The van der Waals surface area contributed by atoms with Crippen molar-refractivity contribution in [2.75, 3.05) is 11.9 Å². The van der Waals surface area contributed by atoms with E-state index >= 15 is 0 Å². The summed E-state index contributed by atoms with van der Waals surface area (Å²) in [5.74, 6) is 0.220. The SMILES string of the molecule is O=c1ccc(-n2ccc3ccc(F)cc32)nn1CCNc1ccnc(Cl)c1. The maximum absolute atomic E-state index is 13.6. The van der Waals surface area contributed by atoms with Crippen LogP contribution in [0.1, 0.15) is 0 Å². The van der Waals surface area contributed by atoms with Crippen LogP contribution in [0.25, 0.3) is 16.7 Å². The number of hydrogen-bond acceptors (Lipinski definition) is 4. The van der Waals surface area contributed by atoms with Gasteiger partial charge in [0.05, 0.1) is 12.1 Å². The Morgan fingerprint density at radius 3 is 2.85 bits per heavy atom. The van der Waals surface area contributed by atoms with Gasteiger partial charge in [0.25, 0.3) is 5.56 Å². The topological polar surface area (TPSA) is 64.7 Å². The van der Waals surface area contributed by atoms with Gasteiger partial charge in [0, 0.05) is 36.1 Å². The van der Waals surface area contributed by atoms with Gasteiger partial charge in [0.1, 0.15) is 11.0 Å². The fourth-order valence-electron chi connectivity index (χ4n) is 2.85. The van der Waals surface area contributed by atoms with E-state index in [0.717, 1.165) is 11.1 Å². The molecule has 4 rings (SSSR count). The molecular formula is C19H15ClFN5O. The molecule has 1 aromatic carbocycles. The molecule has 0 saturated heterocycles. The maximum atomic E-state index is 13.6. The molecule has 3 aromatic heterocycles. The number of benzene rings is 1. The lowest BCUT2D eigenvalue weighted by atomic mass is 10.2. The average molecular weight is 384 g/mol. The van der Waals surface area contributed by atoms with Gasteiger partial charge < -0.3 is 5.32 Å². The lowest BCUT2D eigenvalue weighted by Gasteiger charge is -2.10. The first-order chi connectivity index (χ1) is 13.1. The molecule has 0 atom stereocenters. The van der Waals surface area contributed by atoms with Crippen molar-refractivity contribution in [3.05, 3.63) is 82.2 Å². The standard InChI is InChI=1S/C19H15ClFN5O/c20-17-12-15(5-7-23-17)22-8-10-26-19(27)4-3-18(24-26)25-9-6-13-1-2-14(21)11-16(13)25/h1-7,9,11-12H,8,10H2,(H,22,23). The zero-order chi connectivity index (χ0) is 18.8. The molecule has 3 heterocycles. The number of fused-ring (bicyclic) bond motifs is 1. The number of anilines is 1. The number of rotatable bonds is 5. The third-order valence-electron chi connectivity index (χ3n) is 4.13. The number of pyridine rings is 1. The molecule has 8 heteroatoms. The average Bonchev–Trinajstić information content (AvgIpc) is 3.06. The molecule has 1 N–H and O–H groups in total. The molecule has 0 saturated carbocycles. The van der Waals surface area contributed by atoms with Gasteiger partial charge >= 0.3 is 0 Å². The minimum Gasteiger partial charge on any atom is -0.383 e. The fourth-order valence-corrected chi connectivity index (χ4v) is 3.02. The van der Waals surface area contributed by atoms with E-state index < -0.39 is 0 Å². The summed E-state index contributed by atoms with van der Waals surface area (Å²) in [6.45, 7) is 0.845. The van der Waals surface area contributed by atoms with E-state index in [-0.39, 0.29) is 11.4 Å². The second-order valence-electron chi connectivity index (χ2n) is 5.94. The summed E-state index contributed by atoms with van der Waals surface area (Å²) in [6, 6.07) is 13.0. The summed E-state index contributed by atoms with van der Waals surface area (Å²) in [4.78, 5) is 16.0. The van der Waals surface area contributed by atoms with Crippen LogP contribution in [0.4, 0.5) is 10.1 Å². The minimum absolute atomic E-state index is 0.212. The molecule has 0 unspecified atom stereocenters. The highest BCUT2D eigenvalue weighted by atomic mass is 35.5. The van der Waals surface area contributed by atoms with Crippen molar-refractivity contribution in [2.45, 2.75) is 6.54 Å². The number of halogens is 2. The molecule has 0 fully saturated rings. The molecule has 0 aliphatic heterocycles. The number of nitrogens with one attached hydrogen (secondary N) is 1. The molecule has 4 aromatic rings. The van der Waals surface area contributed by atoms with Gasteiger partial charge in [-0.05, 0) is 42.5 Å². The first-order valence-electron chi connectivity index (χ1n) is 8.31. The molecule has 0 spiro atoms. The second kappa shape index (κ2) is 7.20. The second-order valence-corrected chi connectivity index (χ2v) is 6.32. The zero-order valence-electron chi connectivity index (χ0n) is 14.1. The molecule has 0 radical (unpaired) electrons. The van der Waals surface area contributed by atoms with Crippen LogP contribution in [0, 0.1) is 5.82 Å². The van der Waals surface area contributed by atoms with Gasteiger partial charge in [0.2, 0.25) is 0 Å². The lowest BCUT2D eigenvalue weighted by Crippen LogP contribution is -2.26.